The molecule has 1 rings (SSSR count). The Balaban J connectivity index is 2.75. The first-order chi connectivity index (χ1) is 6.63. The van der Waals surface area contributed by atoms with E-state index >= 15 is 0 Å². The van der Waals surface area contributed by atoms with Crippen LogP contribution in [0.5, 0.6) is 5.88 Å². The molecule has 0 amide bonds. The Morgan fingerprint density at radius 2 is 2.29 bits per heavy atom. The van der Waals surface area contributed by atoms with Gasteiger partial charge in [-0.3, -0.25) is 0 Å². The van der Waals surface area contributed by atoms with Crippen molar-refractivity contribution in [3.63, 3.8) is 0 Å². The number of nitrogens with zero attached hydrogens (tertiary/aromatic N) is 1. The molecule has 0 saturated heterocycles. The number of ether oxygens (including phenoxy) is 1. The van der Waals surface area contributed by atoms with E-state index in [2.05, 4.69) is 4.98 Å². The number of hydrogen-bond acceptors (Lipinski definition) is 3. The van der Waals surface area contributed by atoms with Gasteiger partial charge in [-0.25, -0.2) is 4.98 Å². The van der Waals surface area contributed by atoms with E-state index in [4.69, 9.17) is 22.1 Å². The zero-order valence-corrected chi connectivity index (χ0v) is 9.21. The molecular formula is C10H15ClN2O. The van der Waals surface area contributed by atoms with Crippen molar-refractivity contribution >= 4 is 11.6 Å². The number of halogens is 1. The van der Waals surface area contributed by atoms with E-state index < -0.39 is 0 Å². The molecule has 0 spiro atoms. The van der Waals surface area contributed by atoms with Gasteiger partial charge >= 0.3 is 0 Å². The molecule has 4 heteroatoms. The fourth-order valence-electron chi connectivity index (χ4n) is 1.20. The van der Waals surface area contributed by atoms with Crippen LogP contribution < -0.4 is 10.5 Å². The molecule has 0 bridgehead atoms. The van der Waals surface area contributed by atoms with Crippen LogP contribution in [0.25, 0.3) is 0 Å². The monoisotopic (exact) mass is 214 g/mol. The molecule has 0 aliphatic heterocycles. The van der Waals surface area contributed by atoms with Crippen LogP contribution in [0.15, 0.2) is 12.1 Å². The number of hydrogen-bond donors (Lipinski definition) is 1. The van der Waals surface area contributed by atoms with E-state index in [1.54, 1.807) is 13.2 Å². The number of rotatable bonds is 4. The van der Waals surface area contributed by atoms with Crippen LogP contribution in [-0.4, -0.2) is 18.1 Å². The van der Waals surface area contributed by atoms with Crippen LogP contribution in [0, 0.1) is 0 Å². The minimum atomic E-state index is 0.190. The van der Waals surface area contributed by atoms with Gasteiger partial charge < -0.3 is 10.5 Å². The van der Waals surface area contributed by atoms with Gasteiger partial charge in [-0.1, -0.05) is 17.7 Å². The molecule has 1 aromatic rings. The van der Waals surface area contributed by atoms with E-state index in [1.165, 1.54) is 0 Å². The highest BCUT2D eigenvalue weighted by molar-refractivity contribution is 6.29. The van der Waals surface area contributed by atoms with Crippen molar-refractivity contribution in [2.75, 3.05) is 7.11 Å². The summed E-state index contributed by atoms with van der Waals surface area (Å²) in [4.78, 5) is 4.07. The topological polar surface area (TPSA) is 48.1 Å². The maximum Gasteiger partial charge on any atom is 0.217 e. The normalized spacial score (nSPS) is 12.6. The Bertz CT molecular complexity index is 302. The summed E-state index contributed by atoms with van der Waals surface area (Å²) in [5.41, 5.74) is 6.72. The van der Waals surface area contributed by atoms with Crippen LogP contribution in [0.4, 0.5) is 0 Å². The van der Waals surface area contributed by atoms with Gasteiger partial charge in [-0.2, -0.15) is 0 Å². The Morgan fingerprint density at radius 1 is 1.57 bits per heavy atom. The van der Waals surface area contributed by atoms with Crippen LogP contribution in [0.2, 0.25) is 5.15 Å². The maximum absolute atomic E-state index is 5.74. The van der Waals surface area contributed by atoms with Gasteiger partial charge in [-0.05, 0) is 25.8 Å². The van der Waals surface area contributed by atoms with E-state index in [0.29, 0.717) is 11.0 Å². The SMILES string of the molecule is COc1nc(Cl)ccc1CC[C@H](C)N. The zero-order valence-electron chi connectivity index (χ0n) is 8.46. The molecule has 1 aromatic heterocycles. The molecule has 1 heterocycles. The second-order valence-corrected chi connectivity index (χ2v) is 3.71. The Kier molecular flexibility index (Phi) is 4.17. The van der Waals surface area contributed by atoms with Crippen molar-refractivity contribution in [1.82, 2.24) is 4.98 Å². The zero-order chi connectivity index (χ0) is 10.6. The van der Waals surface area contributed by atoms with Crippen molar-refractivity contribution in [3.05, 3.63) is 22.8 Å². The smallest absolute Gasteiger partial charge is 0.217 e. The van der Waals surface area contributed by atoms with Crippen LogP contribution in [-0.2, 0) is 6.42 Å². The molecule has 78 valence electrons. The number of pyridine rings is 1. The lowest BCUT2D eigenvalue weighted by Crippen LogP contribution is -2.15. The summed E-state index contributed by atoms with van der Waals surface area (Å²) in [5, 5.41) is 0.450. The third-order valence-electron chi connectivity index (χ3n) is 1.97. The van der Waals surface area contributed by atoms with Gasteiger partial charge in [0.2, 0.25) is 5.88 Å². The Hall–Kier alpha value is -0.800. The molecule has 0 unspecified atom stereocenters. The standard InChI is InChI=1S/C10H15ClN2O/c1-7(12)3-4-8-5-6-9(11)13-10(8)14-2/h5-7H,3-4,12H2,1-2H3/t7-/m0/s1. The quantitative estimate of drug-likeness (QED) is 0.781. The molecule has 0 aromatic carbocycles. The first kappa shape index (κ1) is 11.3. The number of aryl methyl sites for hydroxylation is 1. The second kappa shape index (κ2) is 5.17. The van der Waals surface area contributed by atoms with Crippen LogP contribution in [0.3, 0.4) is 0 Å². The lowest BCUT2D eigenvalue weighted by atomic mass is 10.1. The predicted octanol–water partition coefficient (Wildman–Crippen LogP) is 2.02. The largest absolute Gasteiger partial charge is 0.481 e. The average Bonchev–Trinajstić information content (AvgIpc) is 2.15. The third-order valence-corrected chi connectivity index (χ3v) is 2.18. The molecule has 1 atom stereocenters. The molecule has 0 aliphatic rings. The van der Waals surface area contributed by atoms with Crippen molar-refractivity contribution in [3.8, 4) is 5.88 Å². The highest BCUT2D eigenvalue weighted by Crippen LogP contribution is 2.20. The van der Waals surface area contributed by atoms with E-state index in [0.717, 1.165) is 18.4 Å². The first-order valence-corrected chi connectivity index (χ1v) is 4.96. The first-order valence-electron chi connectivity index (χ1n) is 4.58. The fourth-order valence-corrected chi connectivity index (χ4v) is 1.34. The van der Waals surface area contributed by atoms with E-state index in [-0.39, 0.29) is 6.04 Å². The Labute approximate surface area is 89.2 Å². The summed E-state index contributed by atoms with van der Waals surface area (Å²) < 4.78 is 5.12. The average molecular weight is 215 g/mol. The van der Waals surface area contributed by atoms with Crippen molar-refractivity contribution < 1.29 is 4.74 Å². The molecular weight excluding hydrogens is 200 g/mol. The molecule has 2 N–H and O–H groups in total. The molecule has 0 fully saturated rings. The summed E-state index contributed by atoms with van der Waals surface area (Å²) in [6.45, 7) is 1.98. The lowest BCUT2D eigenvalue weighted by Gasteiger charge is -2.08. The summed E-state index contributed by atoms with van der Waals surface area (Å²) in [6.07, 6.45) is 1.78. The van der Waals surface area contributed by atoms with Crippen LogP contribution in [0.1, 0.15) is 18.9 Å². The molecule has 14 heavy (non-hydrogen) atoms. The molecule has 0 radical (unpaired) electrons. The molecule has 0 aliphatic carbocycles. The van der Waals surface area contributed by atoms with E-state index in [9.17, 15) is 0 Å². The third kappa shape index (κ3) is 3.16. The van der Waals surface area contributed by atoms with Gasteiger partial charge in [0.05, 0.1) is 7.11 Å². The summed E-state index contributed by atoms with van der Waals surface area (Å²) in [7, 11) is 1.59. The highest BCUT2D eigenvalue weighted by atomic mass is 35.5. The molecule has 3 nitrogen and oxygen atoms in total. The lowest BCUT2D eigenvalue weighted by molar-refractivity contribution is 0.391. The van der Waals surface area contributed by atoms with Crippen molar-refractivity contribution in [2.24, 2.45) is 5.73 Å². The predicted molar refractivity (Wildman–Crippen MR) is 57.8 cm³/mol. The van der Waals surface area contributed by atoms with Crippen molar-refractivity contribution in [1.29, 1.82) is 0 Å². The number of nitrogens with two attached hydrogens (primary N) is 1. The maximum atomic E-state index is 5.74. The minimum absolute atomic E-state index is 0.190. The van der Waals surface area contributed by atoms with Gasteiger partial charge in [0, 0.05) is 11.6 Å². The van der Waals surface area contributed by atoms with E-state index in [1.807, 2.05) is 13.0 Å². The minimum Gasteiger partial charge on any atom is -0.481 e. The van der Waals surface area contributed by atoms with Crippen molar-refractivity contribution in [2.45, 2.75) is 25.8 Å². The number of methoxy groups -OCH3 is 1. The summed E-state index contributed by atoms with van der Waals surface area (Å²) in [5.74, 6) is 0.596. The fraction of sp³-hybridized carbons (Fsp3) is 0.500. The van der Waals surface area contributed by atoms with Gasteiger partial charge in [0.25, 0.3) is 0 Å². The van der Waals surface area contributed by atoms with Gasteiger partial charge in [0.15, 0.2) is 0 Å². The molecule has 0 saturated carbocycles. The van der Waals surface area contributed by atoms with Gasteiger partial charge in [0.1, 0.15) is 5.15 Å². The summed E-state index contributed by atoms with van der Waals surface area (Å²) >= 11 is 5.74. The van der Waals surface area contributed by atoms with Crippen LogP contribution >= 0.6 is 11.6 Å². The highest BCUT2D eigenvalue weighted by Gasteiger charge is 2.06. The van der Waals surface area contributed by atoms with Gasteiger partial charge in [-0.15, -0.1) is 0 Å². The summed E-state index contributed by atoms with van der Waals surface area (Å²) in [6, 6.07) is 3.88. The number of aromatic nitrogens is 1. The Morgan fingerprint density at radius 3 is 2.86 bits per heavy atom. The second-order valence-electron chi connectivity index (χ2n) is 3.32.